The fourth-order valence-corrected chi connectivity index (χ4v) is 1.84. The van der Waals surface area contributed by atoms with E-state index in [0.29, 0.717) is 17.9 Å². The van der Waals surface area contributed by atoms with Crippen LogP contribution < -0.4 is 0 Å². The molecule has 1 fully saturated rings. The van der Waals surface area contributed by atoms with Crippen LogP contribution in [-0.2, 0) is 6.42 Å². The Morgan fingerprint density at radius 1 is 1.50 bits per heavy atom. The van der Waals surface area contributed by atoms with Gasteiger partial charge in [-0.1, -0.05) is 11.6 Å². The molecule has 1 aromatic rings. The van der Waals surface area contributed by atoms with Gasteiger partial charge in [0.05, 0.1) is 10.5 Å². The second-order valence-corrected chi connectivity index (χ2v) is 4.66. The molecule has 16 heavy (non-hydrogen) atoms. The number of halogens is 1. The van der Waals surface area contributed by atoms with Crippen molar-refractivity contribution in [2.75, 3.05) is 0 Å². The average Bonchev–Trinajstić information content (AvgIpc) is 2.95. The number of hydrogen-bond acceptors (Lipinski definition) is 3. The molecule has 0 atom stereocenters. The van der Waals surface area contributed by atoms with Crippen LogP contribution in [0.25, 0.3) is 0 Å². The number of aliphatic hydroxyl groups is 1. The Labute approximate surface area is 98.0 Å². The predicted molar refractivity (Wildman–Crippen MR) is 60.6 cm³/mol. The fraction of sp³-hybridized carbons (Fsp3) is 0.455. The highest BCUT2D eigenvalue weighted by Gasteiger charge is 2.39. The van der Waals surface area contributed by atoms with Gasteiger partial charge in [0.15, 0.2) is 0 Å². The quantitative estimate of drug-likeness (QED) is 0.651. The summed E-state index contributed by atoms with van der Waals surface area (Å²) in [7, 11) is 0. The fourth-order valence-electron chi connectivity index (χ4n) is 1.63. The molecular formula is C11H12ClNO3. The molecule has 1 aliphatic carbocycles. The van der Waals surface area contributed by atoms with Crippen molar-refractivity contribution in [3.8, 4) is 0 Å². The zero-order valence-corrected chi connectivity index (χ0v) is 9.41. The number of non-ortho nitro benzene ring substituents is 1. The number of rotatable bonds is 4. The summed E-state index contributed by atoms with van der Waals surface area (Å²) in [4.78, 5) is 10.2. The standard InChI is InChI=1S/C11H12ClNO3/c12-10-2-1-9(13(15)16)7-8(10)3-4-11(14)5-6-11/h1-2,7,14H,3-6H2. The molecule has 0 heterocycles. The normalized spacial score (nSPS) is 17.1. The van der Waals surface area contributed by atoms with Crippen LogP contribution in [0.3, 0.4) is 0 Å². The van der Waals surface area contributed by atoms with Gasteiger partial charge < -0.3 is 5.11 Å². The Hall–Kier alpha value is -1.13. The first-order valence-corrected chi connectivity index (χ1v) is 5.53. The minimum absolute atomic E-state index is 0.0437. The van der Waals surface area contributed by atoms with Gasteiger partial charge in [-0.2, -0.15) is 0 Å². The molecule has 0 aliphatic heterocycles. The Bertz CT molecular complexity index is 429. The molecule has 4 nitrogen and oxygen atoms in total. The summed E-state index contributed by atoms with van der Waals surface area (Å²) >= 11 is 5.95. The first kappa shape index (κ1) is 11.4. The van der Waals surface area contributed by atoms with E-state index in [2.05, 4.69) is 0 Å². The van der Waals surface area contributed by atoms with Gasteiger partial charge in [-0.05, 0) is 37.3 Å². The average molecular weight is 242 g/mol. The van der Waals surface area contributed by atoms with Gasteiger partial charge in [-0.15, -0.1) is 0 Å². The van der Waals surface area contributed by atoms with Crippen LogP contribution in [0.2, 0.25) is 5.02 Å². The van der Waals surface area contributed by atoms with Crippen molar-refractivity contribution in [1.29, 1.82) is 0 Å². The topological polar surface area (TPSA) is 63.4 Å². The van der Waals surface area contributed by atoms with Crippen LogP contribution in [0, 0.1) is 10.1 Å². The summed E-state index contributed by atoms with van der Waals surface area (Å²) < 4.78 is 0. The van der Waals surface area contributed by atoms with E-state index in [1.54, 1.807) is 0 Å². The van der Waals surface area contributed by atoms with E-state index in [-0.39, 0.29) is 5.69 Å². The van der Waals surface area contributed by atoms with E-state index in [0.717, 1.165) is 18.4 Å². The summed E-state index contributed by atoms with van der Waals surface area (Å²) in [6.07, 6.45) is 2.84. The van der Waals surface area contributed by atoms with Crippen LogP contribution in [0.5, 0.6) is 0 Å². The van der Waals surface area contributed by atoms with E-state index >= 15 is 0 Å². The molecule has 0 unspecified atom stereocenters. The molecule has 1 aliphatic rings. The van der Waals surface area contributed by atoms with E-state index in [1.807, 2.05) is 0 Å². The van der Waals surface area contributed by atoms with Crippen LogP contribution in [-0.4, -0.2) is 15.6 Å². The Morgan fingerprint density at radius 3 is 2.75 bits per heavy atom. The molecule has 2 rings (SSSR count). The third kappa shape index (κ3) is 2.51. The molecule has 0 amide bonds. The first-order valence-electron chi connectivity index (χ1n) is 5.15. The zero-order chi connectivity index (χ0) is 11.8. The van der Waals surface area contributed by atoms with E-state index in [9.17, 15) is 15.2 Å². The maximum Gasteiger partial charge on any atom is 0.269 e. The third-order valence-corrected chi connectivity index (χ3v) is 3.30. The first-order chi connectivity index (χ1) is 7.50. The Kier molecular flexibility index (Phi) is 2.86. The van der Waals surface area contributed by atoms with Crippen LogP contribution in [0.15, 0.2) is 18.2 Å². The lowest BCUT2D eigenvalue weighted by Crippen LogP contribution is -2.08. The lowest BCUT2D eigenvalue weighted by atomic mass is 10.1. The number of benzene rings is 1. The van der Waals surface area contributed by atoms with E-state index in [1.165, 1.54) is 18.2 Å². The van der Waals surface area contributed by atoms with Crippen LogP contribution >= 0.6 is 11.6 Å². The molecule has 1 aromatic carbocycles. The smallest absolute Gasteiger partial charge is 0.269 e. The summed E-state index contributed by atoms with van der Waals surface area (Å²) in [6, 6.07) is 4.40. The van der Waals surface area contributed by atoms with Crippen LogP contribution in [0.4, 0.5) is 5.69 Å². The maximum absolute atomic E-state index is 10.6. The van der Waals surface area contributed by atoms with Gasteiger partial charge in [0.2, 0.25) is 0 Å². The molecule has 86 valence electrons. The third-order valence-electron chi connectivity index (χ3n) is 2.93. The second kappa shape index (κ2) is 4.03. The number of aryl methyl sites for hydroxylation is 1. The minimum Gasteiger partial charge on any atom is -0.390 e. The van der Waals surface area contributed by atoms with Gasteiger partial charge in [0.25, 0.3) is 5.69 Å². The molecule has 0 saturated heterocycles. The van der Waals surface area contributed by atoms with E-state index < -0.39 is 10.5 Å². The van der Waals surface area contributed by atoms with Crippen molar-refractivity contribution in [2.45, 2.75) is 31.3 Å². The molecular weight excluding hydrogens is 230 g/mol. The number of nitrogens with zero attached hydrogens (tertiary/aromatic N) is 1. The molecule has 0 spiro atoms. The van der Waals surface area contributed by atoms with Crippen molar-refractivity contribution in [3.05, 3.63) is 38.9 Å². The number of nitro benzene ring substituents is 1. The predicted octanol–water partition coefficient (Wildman–Crippen LogP) is 2.71. The molecule has 0 radical (unpaired) electrons. The number of nitro groups is 1. The van der Waals surface area contributed by atoms with Gasteiger partial charge in [-0.3, -0.25) is 10.1 Å². The van der Waals surface area contributed by atoms with E-state index in [4.69, 9.17) is 11.6 Å². The summed E-state index contributed by atoms with van der Waals surface area (Å²) in [5.41, 5.74) is 0.229. The molecule has 1 N–H and O–H groups in total. The maximum atomic E-state index is 10.6. The second-order valence-electron chi connectivity index (χ2n) is 4.26. The summed E-state index contributed by atoms with van der Waals surface area (Å²) in [6.45, 7) is 0. The largest absolute Gasteiger partial charge is 0.390 e. The lowest BCUT2D eigenvalue weighted by Gasteiger charge is -2.08. The van der Waals surface area contributed by atoms with Gasteiger partial charge in [-0.25, -0.2) is 0 Å². The van der Waals surface area contributed by atoms with Crippen molar-refractivity contribution in [1.82, 2.24) is 0 Å². The van der Waals surface area contributed by atoms with Crippen molar-refractivity contribution in [2.24, 2.45) is 0 Å². The molecule has 0 bridgehead atoms. The molecule has 1 saturated carbocycles. The Morgan fingerprint density at radius 2 is 2.19 bits per heavy atom. The Balaban J connectivity index is 2.12. The SMILES string of the molecule is O=[N+]([O-])c1ccc(Cl)c(CCC2(O)CC2)c1. The molecule has 5 heteroatoms. The summed E-state index contributed by atoms with van der Waals surface area (Å²) in [5.74, 6) is 0. The monoisotopic (exact) mass is 241 g/mol. The van der Waals surface area contributed by atoms with Gasteiger partial charge in [0.1, 0.15) is 0 Å². The van der Waals surface area contributed by atoms with Gasteiger partial charge >= 0.3 is 0 Å². The van der Waals surface area contributed by atoms with Crippen molar-refractivity contribution < 1.29 is 10.0 Å². The number of hydrogen-bond donors (Lipinski definition) is 1. The highest BCUT2D eigenvalue weighted by atomic mass is 35.5. The highest BCUT2D eigenvalue weighted by Crippen LogP contribution is 2.39. The van der Waals surface area contributed by atoms with Crippen molar-refractivity contribution in [3.63, 3.8) is 0 Å². The van der Waals surface area contributed by atoms with Gasteiger partial charge in [0, 0.05) is 17.2 Å². The lowest BCUT2D eigenvalue weighted by molar-refractivity contribution is -0.384. The highest BCUT2D eigenvalue weighted by molar-refractivity contribution is 6.31. The van der Waals surface area contributed by atoms with Crippen LogP contribution in [0.1, 0.15) is 24.8 Å². The van der Waals surface area contributed by atoms with Crippen molar-refractivity contribution >= 4 is 17.3 Å². The minimum atomic E-state index is -0.548. The summed E-state index contributed by atoms with van der Waals surface area (Å²) in [5, 5.41) is 20.8. The molecule has 0 aromatic heterocycles. The zero-order valence-electron chi connectivity index (χ0n) is 8.65.